The number of hydrogen-bond donors (Lipinski definition) is 1. The molecular weight excluding hydrogens is 370 g/mol. The summed E-state index contributed by atoms with van der Waals surface area (Å²) < 4.78 is 6.53. The van der Waals surface area contributed by atoms with Crippen molar-refractivity contribution in [2.24, 2.45) is 5.92 Å². The van der Waals surface area contributed by atoms with E-state index in [1.807, 2.05) is 19.9 Å². The van der Waals surface area contributed by atoms with Crippen LogP contribution >= 0.6 is 15.9 Å². The van der Waals surface area contributed by atoms with Gasteiger partial charge in [-0.25, -0.2) is 0 Å². The first-order valence-electron chi connectivity index (χ1n) is 7.71. The van der Waals surface area contributed by atoms with Gasteiger partial charge in [-0.1, -0.05) is 41.9 Å². The quantitative estimate of drug-likeness (QED) is 0.711. The lowest BCUT2D eigenvalue weighted by atomic mass is 10.1. The fourth-order valence-electron chi connectivity index (χ4n) is 2.08. The molecule has 5 heteroatoms. The lowest BCUT2D eigenvalue weighted by Crippen LogP contribution is -2.15. The lowest BCUT2D eigenvalue weighted by Gasteiger charge is -2.14. The molecule has 2 rings (SSSR count). The average molecular weight is 390 g/mol. The maximum absolute atomic E-state index is 12.6. The van der Waals surface area contributed by atoms with Crippen LogP contribution in [-0.2, 0) is 0 Å². The van der Waals surface area contributed by atoms with E-state index in [0.29, 0.717) is 35.1 Å². The summed E-state index contributed by atoms with van der Waals surface area (Å²) in [6, 6.07) is 12.2. The van der Waals surface area contributed by atoms with Gasteiger partial charge >= 0.3 is 0 Å². The number of hydrogen-bond acceptors (Lipinski definition) is 3. The van der Waals surface area contributed by atoms with Gasteiger partial charge in [0.05, 0.1) is 12.2 Å². The molecule has 24 heavy (non-hydrogen) atoms. The van der Waals surface area contributed by atoms with Crippen molar-refractivity contribution >= 4 is 33.3 Å². The van der Waals surface area contributed by atoms with Crippen LogP contribution in [0.3, 0.4) is 0 Å². The second-order valence-corrected chi connectivity index (χ2v) is 6.85. The Hall–Kier alpha value is -2.14. The van der Waals surface area contributed by atoms with Gasteiger partial charge in [0.25, 0.3) is 5.91 Å². The van der Waals surface area contributed by atoms with E-state index >= 15 is 0 Å². The molecule has 0 bridgehead atoms. The lowest BCUT2D eigenvalue weighted by molar-refractivity contribution is 0.100. The maximum atomic E-state index is 12.6. The van der Waals surface area contributed by atoms with Gasteiger partial charge in [-0.15, -0.1) is 0 Å². The summed E-state index contributed by atoms with van der Waals surface area (Å²) >= 11 is 3.38. The molecule has 4 nitrogen and oxygen atoms in total. The van der Waals surface area contributed by atoms with Crippen molar-refractivity contribution < 1.29 is 14.3 Å². The van der Waals surface area contributed by atoms with Crippen LogP contribution in [-0.4, -0.2) is 18.3 Å². The van der Waals surface area contributed by atoms with Crippen LogP contribution in [0, 0.1) is 5.92 Å². The first-order valence-corrected chi connectivity index (χ1v) is 8.51. The minimum atomic E-state index is -0.282. The monoisotopic (exact) mass is 389 g/mol. The predicted octanol–water partition coefficient (Wildman–Crippen LogP) is 4.94. The summed E-state index contributed by atoms with van der Waals surface area (Å²) in [5.74, 6) is 0.564. The largest absolute Gasteiger partial charge is 0.492 e. The van der Waals surface area contributed by atoms with Gasteiger partial charge in [-0.2, -0.15) is 0 Å². The van der Waals surface area contributed by atoms with Crippen LogP contribution in [0.25, 0.3) is 0 Å². The molecule has 2 aromatic carbocycles. The highest BCUT2D eigenvalue weighted by atomic mass is 79.9. The summed E-state index contributed by atoms with van der Waals surface area (Å²) in [6.45, 7) is 6.12. The molecule has 0 saturated carbocycles. The van der Waals surface area contributed by atoms with Crippen LogP contribution < -0.4 is 10.1 Å². The molecule has 0 radical (unpaired) electrons. The highest BCUT2D eigenvalue weighted by Crippen LogP contribution is 2.25. The number of carbonyl (C=O) groups is 2. The normalized spacial score (nSPS) is 10.5. The van der Waals surface area contributed by atoms with Crippen LogP contribution in [0.2, 0.25) is 0 Å². The van der Waals surface area contributed by atoms with Crippen LogP contribution in [0.15, 0.2) is 46.9 Å². The zero-order valence-corrected chi connectivity index (χ0v) is 15.5. The van der Waals surface area contributed by atoms with Crippen molar-refractivity contribution in [3.63, 3.8) is 0 Å². The third-order valence-electron chi connectivity index (χ3n) is 3.29. The molecule has 0 unspecified atom stereocenters. The van der Waals surface area contributed by atoms with E-state index in [1.54, 1.807) is 36.4 Å². The minimum absolute atomic E-state index is 0.0467. The standard InChI is InChI=1S/C19H20BrNO3/c1-12(2)11-24-18-8-7-15(20)10-17(18)19(23)21-16-6-4-5-14(9-16)13(3)22/h4-10,12H,11H2,1-3H3,(H,21,23). The Bertz CT molecular complexity index is 756. The number of benzene rings is 2. The van der Waals surface area contributed by atoms with Gasteiger partial charge in [0.2, 0.25) is 0 Å². The van der Waals surface area contributed by atoms with Gasteiger partial charge in [0.15, 0.2) is 5.78 Å². The molecule has 2 aromatic rings. The van der Waals surface area contributed by atoms with E-state index in [2.05, 4.69) is 21.2 Å². The van der Waals surface area contributed by atoms with Gasteiger partial charge in [0, 0.05) is 15.7 Å². The third-order valence-corrected chi connectivity index (χ3v) is 3.78. The Kier molecular flexibility index (Phi) is 6.15. The zero-order valence-electron chi connectivity index (χ0n) is 13.9. The summed E-state index contributed by atoms with van der Waals surface area (Å²) in [5, 5.41) is 2.82. The van der Waals surface area contributed by atoms with E-state index in [-0.39, 0.29) is 11.7 Å². The fourth-order valence-corrected chi connectivity index (χ4v) is 2.44. The summed E-state index contributed by atoms with van der Waals surface area (Å²) in [4.78, 5) is 24.1. The Balaban J connectivity index is 2.24. The second kappa shape index (κ2) is 8.11. The van der Waals surface area contributed by atoms with Crippen molar-refractivity contribution in [3.8, 4) is 5.75 Å². The molecule has 0 atom stereocenters. The number of amides is 1. The average Bonchev–Trinajstić information content (AvgIpc) is 2.53. The molecule has 0 saturated heterocycles. The molecule has 1 N–H and O–H groups in total. The molecule has 1 amide bonds. The fraction of sp³-hybridized carbons (Fsp3) is 0.263. The van der Waals surface area contributed by atoms with Crippen LogP contribution in [0.4, 0.5) is 5.69 Å². The molecule has 0 spiro atoms. The van der Waals surface area contributed by atoms with Crippen molar-refractivity contribution in [2.75, 3.05) is 11.9 Å². The molecule has 126 valence electrons. The summed E-state index contributed by atoms with van der Waals surface area (Å²) in [7, 11) is 0. The molecule has 0 aliphatic heterocycles. The smallest absolute Gasteiger partial charge is 0.259 e. The van der Waals surface area contributed by atoms with Crippen molar-refractivity contribution in [2.45, 2.75) is 20.8 Å². The van der Waals surface area contributed by atoms with E-state index in [4.69, 9.17) is 4.74 Å². The van der Waals surface area contributed by atoms with E-state index < -0.39 is 0 Å². The number of halogens is 1. The van der Waals surface area contributed by atoms with Gasteiger partial charge in [-0.05, 0) is 43.2 Å². The number of anilines is 1. The van der Waals surface area contributed by atoms with E-state index in [9.17, 15) is 9.59 Å². The molecule has 0 aromatic heterocycles. The first-order chi connectivity index (χ1) is 11.4. The third kappa shape index (κ3) is 4.93. The Morgan fingerprint density at radius 1 is 1.17 bits per heavy atom. The van der Waals surface area contributed by atoms with Crippen molar-refractivity contribution in [3.05, 3.63) is 58.1 Å². The molecule has 0 aliphatic rings. The SMILES string of the molecule is CC(=O)c1cccc(NC(=O)c2cc(Br)ccc2OCC(C)C)c1. The second-order valence-electron chi connectivity index (χ2n) is 5.94. The summed E-state index contributed by atoms with van der Waals surface area (Å²) in [5.41, 5.74) is 1.57. The molecule has 0 aliphatic carbocycles. The maximum Gasteiger partial charge on any atom is 0.259 e. The summed E-state index contributed by atoms with van der Waals surface area (Å²) in [6.07, 6.45) is 0. The molecule has 0 heterocycles. The van der Waals surface area contributed by atoms with E-state index in [1.165, 1.54) is 6.92 Å². The van der Waals surface area contributed by atoms with E-state index in [0.717, 1.165) is 4.47 Å². The highest BCUT2D eigenvalue weighted by molar-refractivity contribution is 9.10. The van der Waals surface area contributed by atoms with Crippen LogP contribution in [0.5, 0.6) is 5.75 Å². The number of ketones is 1. The predicted molar refractivity (Wildman–Crippen MR) is 98.9 cm³/mol. The Morgan fingerprint density at radius 2 is 1.92 bits per heavy atom. The van der Waals surface area contributed by atoms with Gasteiger partial charge < -0.3 is 10.1 Å². The number of nitrogens with one attached hydrogen (secondary N) is 1. The zero-order chi connectivity index (χ0) is 17.7. The van der Waals surface area contributed by atoms with Crippen molar-refractivity contribution in [1.29, 1.82) is 0 Å². The number of carbonyl (C=O) groups excluding carboxylic acids is 2. The van der Waals surface area contributed by atoms with Gasteiger partial charge in [0.1, 0.15) is 5.75 Å². The number of Topliss-reactive ketones (excluding diaryl/α,β-unsaturated/α-hetero) is 1. The Morgan fingerprint density at radius 3 is 2.58 bits per heavy atom. The first kappa shape index (κ1) is 18.2. The number of ether oxygens (including phenoxy) is 1. The molecular formula is C19H20BrNO3. The molecule has 0 fully saturated rings. The van der Waals surface area contributed by atoms with Gasteiger partial charge in [-0.3, -0.25) is 9.59 Å². The highest BCUT2D eigenvalue weighted by Gasteiger charge is 2.14. The Labute approximate surface area is 150 Å². The topological polar surface area (TPSA) is 55.4 Å². The minimum Gasteiger partial charge on any atom is -0.492 e. The van der Waals surface area contributed by atoms with Crippen molar-refractivity contribution in [1.82, 2.24) is 0 Å². The number of rotatable bonds is 6. The van der Waals surface area contributed by atoms with Crippen LogP contribution in [0.1, 0.15) is 41.5 Å².